The molecule has 1 aliphatic rings. The first-order valence-electron chi connectivity index (χ1n) is 6.19. The van der Waals surface area contributed by atoms with E-state index >= 15 is 0 Å². The van der Waals surface area contributed by atoms with E-state index in [1.54, 1.807) is 4.68 Å². The van der Waals surface area contributed by atoms with Gasteiger partial charge in [-0.1, -0.05) is 0 Å². The smallest absolute Gasteiger partial charge is 0.272 e. The molecule has 1 N–H and O–H groups in total. The molecule has 0 spiro atoms. The van der Waals surface area contributed by atoms with Gasteiger partial charge in [0.1, 0.15) is 5.69 Å². The molecule has 5 nitrogen and oxygen atoms in total. The highest BCUT2D eigenvalue weighted by atomic mass is 16.2. The zero-order valence-electron chi connectivity index (χ0n) is 10.7. The molecule has 1 atom stereocenters. The summed E-state index contributed by atoms with van der Waals surface area (Å²) in [6, 6.07) is 2.12. The summed E-state index contributed by atoms with van der Waals surface area (Å²) < 4.78 is 1.78. The second-order valence-corrected chi connectivity index (χ2v) is 4.54. The second-order valence-electron chi connectivity index (χ2n) is 4.54. The standard InChI is InChI=1S/C12H20N4O/c1-4-16-11(7-9(2)14-16)12(17)15-6-5-13-8-10(15)3/h7,10,13H,4-6,8H2,1-3H3/t10-/m1/s1. The van der Waals surface area contributed by atoms with Crippen LogP contribution in [0, 0.1) is 6.92 Å². The van der Waals surface area contributed by atoms with Gasteiger partial charge in [-0.25, -0.2) is 0 Å². The molecule has 2 heterocycles. The third-order valence-corrected chi connectivity index (χ3v) is 3.18. The minimum atomic E-state index is 0.0986. The maximum Gasteiger partial charge on any atom is 0.272 e. The lowest BCUT2D eigenvalue weighted by atomic mass is 10.2. The fourth-order valence-corrected chi connectivity index (χ4v) is 2.25. The first kappa shape index (κ1) is 12.1. The summed E-state index contributed by atoms with van der Waals surface area (Å²) in [5, 5.41) is 7.61. The van der Waals surface area contributed by atoms with Crippen LogP contribution in [0.3, 0.4) is 0 Å². The fraction of sp³-hybridized carbons (Fsp3) is 0.667. The summed E-state index contributed by atoms with van der Waals surface area (Å²) in [6.45, 7) is 9.24. The Labute approximate surface area is 102 Å². The van der Waals surface area contributed by atoms with Crippen molar-refractivity contribution in [3.8, 4) is 0 Å². The molecule has 2 rings (SSSR count). The van der Waals surface area contributed by atoms with E-state index in [1.165, 1.54) is 0 Å². The lowest BCUT2D eigenvalue weighted by Gasteiger charge is -2.33. The largest absolute Gasteiger partial charge is 0.332 e. The van der Waals surface area contributed by atoms with Crippen molar-refractivity contribution in [1.29, 1.82) is 0 Å². The number of nitrogens with zero attached hydrogens (tertiary/aromatic N) is 3. The Bertz CT molecular complexity index is 413. The molecule has 5 heteroatoms. The van der Waals surface area contributed by atoms with Crippen LogP contribution < -0.4 is 5.32 Å². The number of rotatable bonds is 2. The van der Waals surface area contributed by atoms with E-state index < -0.39 is 0 Å². The number of carbonyl (C=O) groups is 1. The molecule has 1 fully saturated rings. The van der Waals surface area contributed by atoms with Gasteiger partial charge in [-0.15, -0.1) is 0 Å². The molecule has 1 aromatic heterocycles. The van der Waals surface area contributed by atoms with Crippen molar-refractivity contribution in [2.75, 3.05) is 19.6 Å². The second kappa shape index (κ2) is 4.87. The Kier molecular flexibility index (Phi) is 3.47. The van der Waals surface area contributed by atoms with E-state index in [0.717, 1.165) is 31.9 Å². The number of amides is 1. The lowest BCUT2D eigenvalue weighted by Crippen LogP contribution is -2.52. The van der Waals surface area contributed by atoms with Crippen molar-refractivity contribution < 1.29 is 4.79 Å². The number of hydrogen-bond donors (Lipinski definition) is 1. The molecule has 0 bridgehead atoms. The van der Waals surface area contributed by atoms with E-state index in [2.05, 4.69) is 17.3 Å². The van der Waals surface area contributed by atoms with Crippen molar-refractivity contribution >= 4 is 5.91 Å². The molecule has 0 radical (unpaired) electrons. The molecule has 0 unspecified atom stereocenters. The number of aryl methyl sites for hydroxylation is 2. The minimum absolute atomic E-state index is 0.0986. The van der Waals surface area contributed by atoms with Gasteiger partial charge in [-0.2, -0.15) is 5.10 Å². The molecular formula is C12H20N4O. The van der Waals surface area contributed by atoms with Gasteiger partial charge in [-0.3, -0.25) is 9.48 Å². The van der Waals surface area contributed by atoms with Crippen molar-refractivity contribution in [2.24, 2.45) is 0 Å². The maximum absolute atomic E-state index is 12.4. The molecular weight excluding hydrogens is 216 g/mol. The monoisotopic (exact) mass is 236 g/mol. The number of nitrogens with one attached hydrogen (secondary N) is 1. The summed E-state index contributed by atoms with van der Waals surface area (Å²) in [5.74, 6) is 0.0986. The first-order valence-corrected chi connectivity index (χ1v) is 6.19. The van der Waals surface area contributed by atoms with Crippen LogP contribution >= 0.6 is 0 Å². The molecule has 1 amide bonds. The summed E-state index contributed by atoms with van der Waals surface area (Å²) in [7, 11) is 0. The Morgan fingerprint density at radius 3 is 3.06 bits per heavy atom. The molecule has 1 aromatic rings. The molecule has 0 saturated carbocycles. The maximum atomic E-state index is 12.4. The zero-order valence-corrected chi connectivity index (χ0v) is 10.7. The lowest BCUT2D eigenvalue weighted by molar-refractivity contribution is 0.0643. The molecule has 1 saturated heterocycles. The predicted molar refractivity (Wildman–Crippen MR) is 66.0 cm³/mol. The predicted octanol–water partition coefficient (Wildman–Crippen LogP) is 0.645. The Morgan fingerprint density at radius 2 is 2.41 bits per heavy atom. The number of piperazine rings is 1. The third kappa shape index (κ3) is 2.34. The van der Waals surface area contributed by atoms with Gasteiger partial charge in [-0.05, 0) is 26.8 Å². The quantitative estimate of drug-likeness (QED) is 0.820. The molecule has 17 heavy (non-hydrogen) atoms. The SMILES string of the molecule is CCn1nc(C)cc1C(=O)N1CCNC[C@H]1C. The summed E-state index contributed by atoms with van der Waals surface area (Å²) in [4.78, 5) is 14.4. The van der Waals surface area contributed by atoms with Gasteiger partial charge < -0.3 is 10.2 Å². The van der Waals surface area contributed by atoms with Gasteiger partial charge in [0.05, 0.1) is 5.69 Å². The van der Waals surface area contributed by atoms with E-state index in [4.69, 9.17) is 0 Å². The van der Waals surface area contributed by atoms with Crippen LogP contribution in [0.15, 0.2) is 6.07 Å². The highest BCUT2D eigenvalue weighted by Crippen LogP contribution is 2.11. The topological polar surface area (TPSA) is 50.2 Å². The van der Waals surface area contributed by atoms with E-state index in [9.17, 15) is 4.79 Å². The van der Waals surface area contributed by atoms with Gasteiger partial charge >= 0.3 is 0 Å². The average molecular weight is 236 g/mol. The van der Waals surface area contributed by atoms with Gasteiger partial charge in [0, 0.05) is 32.2 Å². The average Bonchev–Trinajstić information content (AvgIpc) is 2.70. The summed E-state index contributed by atoms with van der Waals surface area (Å²) >= 11 is 0. The van der Waals surface area contributed by atoms with Crippen LogP contribution in [0.25, 0.3) is 0 Å². The Balaban J connectivity index is 2.23. The normalized spacial score (nSPS) is 20.6. The van der Waals surface area contributed by atoms with E-state index in [-0.39, 0.29) is 11.9 Å². The van der Waals surface area contributed by atoms with Crippen molar-refractivity contribution in [1.82, 2.24) is 20.0 Å². The molecule has 0 aromatic carbocycles. The molecule has 0 aliphatic carbocycles. The van der Waals surface area contributed by atoms with E-state index in [1.807, 2.05) is 24.8 Å². The number of hydrogen-bond acceptors (Lipinski definition) is 3. The van der Waals surface area contributed by atoms with Gasteiger partial charge in [0.15, 0.2) is 0 Å². The van der Waals surface area contributed by atoms with Crippen LogP contribution in [0.1, 0.15) is 30.0 Å². The first-order chi connectivity index (χ1) is 8.13. The van der Waals surface area contributed by atoms with Crippen LogP contribution in [-0.2, 0) is 6.54 Å². The Morgan fingerprint density at radius 1 is 1.65 bits per heavy atom. The third-order valence-electron chi connectivity index (χ3n) is 3.18. The van der Waals surface area contributed by atoms with Crippen LogP contribution in [0.5, 0.6) is 0 Å². The van der Waals surface area contributed by atoms with Crippen molar-refractivity contribution in [3.63, 3.8) is 0 Å². The minimum Gasteiger partial charge on any atom is -0.332 e. The van der Waals surface area contributed by atoms with Gasteiger partial charge in [0.25, 0.3) is 5.91 Å². The van der Waals surface area contributed by atoms with Crippen molar-refractivity contribution in [3.05, 3.63) is 17.5 Å². The number of carbonyl (C=O) groups excluding carboxylic acids is 1. The van der Waals surface area contributed by atoms with Gasteiger partial charge in [0.2, 0.25) is 0 Å². The zero-order chi connectivity index (χ0) is 12.4. The highest BCUT2D eigenvalue weighted by molar-refractivity contribution is 5.93. The van der Waals surface area contributed by atoms with Crippen LogP contribution in [0.2, 0.25) is 0 Å². The number of aromatic nitrogens is 2. The Hall–Kier alpha value is -1.36. The van der Waals surface area contributed by atoms with Crippen LogP contribution in [-0.4, -0.2) is 46.3 Å². The van der Waals surface area contributed by atoms with E-state index in [0.29, 0.717) is 5.69 Å². The highest BCUT2D eigenvalue weighted by Gasteiger charge is 2.26. The fourth-order valence-electron chi connectivity index (χ4n) is 2.25. The summed E-state index contributed by atoms with van der Waals surface area (Å²) in [6.07, 6.45) is 0. The van der Waals surface area contributed by atoms with Crippen molar-refractivity contribution in [2.45, 2.75) is 33.4 Å². The summed E-state index contributed by atoms with van der Waals surface area (Å²) in [5.41, 5.74) is 1.61. The van der Waals surface area contributed by atoms with Crippen LogP contribution in [0.4, 0.5) is 0 Å². The molecule has 1 aliphatic heterocycles. The molecule has 94 valence electrons.